The van der Waals surface area contributed by atoms with Crippen LogP contribution in [-0.2, 0) is 13.1 Å². The van der Waals surface area contributed by atoms with E-state index in [4.69, 9.17) is 4.42 Å². The van der Waals surface area contributed by atoms with Crippen molar-refractivity contribution in [3.8, 4) is 0 Å². The van der Waals surface area contributed by atoms with Gasteiger partial charge in [-0.1, -0.05) is 18.2 Å². The van der Waals surface area contributed by atoms with Crippen LogP contribution in [0.15, 0.2) is 58.2 Å². The number of guanidine groups is 1. The largest absolute Gasteiger partial charge is 0.459 e. The summed E-state index contributed by atoms with van der Waals surface area (Å²) in [5, 5.41) is 7.79. The van der Waals surface area contributed by atoms with Crippen LogP contribution in [0.1, 0.15) is 18.2 Å². The van der Waals surface area contributed by atoms with Crippen molar-refractivity contribution in [3.63, 3.8) is 0 Å². The molecule has 2 aromatic heterocycles. The fraction of sp³-hybridized carbons (Fsp3) is 0.316. The van der Waals surface area contributed by atoms with E-state index in [-0.39, 0.29) is 0 Å². The van der Waals surface area contributed by atoms with Crippen LogP contribution in [0.4, 0.5) is 0 Å². The molecule has 0 bridgehead atoms. The minimum Gasteiger partial charge on any atom is -0.459 e. The molecule has 3 aromatic rings. The van der Waals surface area contributed by atoms with Gasteiger partial charge in [-0.2, -0.15) is 0 Å². The Morgan fingerprint density at radius 3 is 2.67 bits per heavy atom. The zero-order valence-corrected chi connectivity index (χ0v) is 14.2. The molecule has 2 heterocycles. The van der Waals surface area contributed by atoms with Crippen molar-refractivity contribution >= 4 is 16.9 Å². The van der Waals surface area contributed by atoms with Gasteiger partial charge in [-0.3, -0.25) is 0 Å². The Labute approximate surface area is 142 Å². The van der Waals surface area contributed by atoms with E-state index < -0.39 is 0 Å². The van der Waals surface area contributed by atoms with Crippen molar-refractivity contribution in [2.45, 2.75) is 26.9 Å². The van der Waals surface area contributed by atoms with Gasteiger partial charge < -0.3 is 19.6 Å². The third kappa shape index (κ3) is 3.79. The van der Waals surface area contributed by atoms with Crippen molar-refractivity contribution in [1.82, 2.24) is 15.2 Å². The Morgan fingerprint density at radius 1 is 1.12 bits per heavy atom. The number of aryl methyl sites for hydroxylation is 1. The van der Waals surface area contributed by atoms with Gasteiger partial charge >= 0.3 is 0 Å². The lowest BCUT2D eigenvalue weighted by molar-refractivity contribution is 0.547. The summed E-state index contributed by atoms with van der Waals surface area (Å²) in [4.78, 5) is 4.65. The molecule has 1 aromatic carbocycles. The number of furan rings is 1. The van der Waals surface area contributed by atoms with Crippen LogP contribution < -0.4 is 10.6 Å². The summed E-state index contributed by atoms with van der Waals surface area (Å²) >= 11 is 0. The molecule has 0 radical (unpaired) electrons. The molecule has 3 rings (SSSR count). The summed E-state index contributed by atoms with van der Waals surface area (Å²) in [7, 11) is 0. The standard InChI is InChI=1S/C19H24N4O/c1-3-20-19(21-10-13-23-11-6-7-12-23)22-14-18-15(2)16-8-4-5-9-17(16)24-18/h4-9,11-12H,3,10,13-14H2,1-2H3,(H2,20,21,22). The Balaban J connectivity index is 1.64. The molecule has 0 aliphatic heterocycles. The molecule has 24 heavy (non-hydrogen) atoms. The minimum absolute atomic E-state index is 0.527. The molecule has 0 spiro atoms. The molecule has 2 N–H and O–H groups in total. The number of para-hydroxylation sites is 1. The van der Waals surface area contributed by atoms with E-state index in [1.54, 1.807) is 0 Å². The number of hydrogen-bond acceptors (Lipinski definition) is 2. The van der Waals surface area contributed by atoms with E-state index in [1.807, 2.05) is 30.3 Å². The topological polar surface area (TPSA) is 54.5 Å². The first-order valence-corrected chi connectivity index (χ1v) is 8.38. The normalized spacial score (nSPS) is 11.8. The minimum atomic E-state index is 0.527. The number of aliphatic imine (C=N–C) groups is 1. The van der Waals surface area contributed by atoms with Gasteiger partial charge in [-0.05, 0) is 32.0 Å². The van der Waals surface area contributed by atoms with Crippen LogP contribution in [0.2, 0.25) is 0 Å². The molecular weight excluding hydrogens is 300 g/mol. The second-order valence-corrected chi connectivity index (χ2v) is 5.69. The smallest absolute Gasteiger partial charge is 0.191 e. The number of benzene rings is 1. The van der Waals surface area contributed by atoms with E-state index in [2.05, 4.69) is 52.5 Å². The Hall–Kier alpha value is -2.69. The second-order valence-electron chi connectivity index (χ2n) is 5.69. The molecular formula is C19H24N4O. The monoisotopic (exact) mass is 324 g/mol. The fourth-order valence-corrected chi connectivity index (χ4v) is 2.69. The third-order valence-electron chi connectivity index (χ3n) is 4.00. The average Bonchev–Trinajstić information content (AvgIpc) is 3.21. The van der Waals surface area contributed by atoms with Gasteiger partial charge in [0.1, 0.15) is 17.9 Å². The van der Waals surface area contributed by atoms with Crippen LogP contribution in [0, 0.1) is 6.92 Å². The van der Waals surface area contributed by atoms with Gasteiger partial charge in [-0.25, -0.2) is 4.99 Å². The maximum atomic E-state index is 5.92. The molecule has 126 valence electrons. The zero-order valence-electron chi connectivity index (χ0n) is 14.2. The first-order valence-electron chi connectivity index (χ1n) is 8.38. The lowest BCUT2D eigenvalue weighted by Crippen LogP contribution is -2.38. The highest BCUT2D eigenvalue weighted by Gasteiger charge is 2.09. The molecule has 0 atom stereocenters. The summed E-state index contributed by atoms with van der Waals surface area (Å²) in [6.45, 7) is 7.23. The van der Waals surface area contributed by atoms with E-state index in [9.17, 15) is 0 Å². The summed E-state index contributed by atoms with van der Waals surface area (Å²) in [5.41, 5.74) is 2.09. The van der Waals surface area contributed by atoms with Crippen LogP contribution in [0.5, 0.6) is 0 Å². The maximum Gasteiger partial charge on any atom is 0.191 e. The molecule has 0 amide bonds. The van der Waals surface area contributed by atoms with Gasteiger partial charge in [0, 0.05) is 43.0 Å². The van der Waals surface area contributed by atoms with Gasteiger partial charge in [0.05, 0.1) is 0 Å². The molecule has 0 aliphatic rings. The number of nitrogens with zero attached hydrogens (tertiary/aromatic N) is 2. The fourth-order valence-electron chi connectivity index (χ4n) is 2.69. The van der Waals surface area contributed by atoms with Gasteiger partial charge in [0.25, 0.3) is 0 Å². The molecule has 0 saturated heterocycles. The summed E-state index contributed by atoms with van der Waals surface area (Å²) in [6.07, 6.45) is 4.12. The highest BCUT2D eigenvalue weighted by molar-refractivity contribution is 5.82. The Morgan fingerprint density at radius 2 is 1.92 bits per heavy atom. The summed E-state index contributed by atoms with van der Waals surface area (Å²) in [5.74, 6) is 1.73. The number of fused-ring (bicyclic) bond motifs is 1. The summed E-state index contributed by atoms with van der Waals surface area (Å²) in [6, 6.07) is 12.2. The molecule has 0 fully saturated rings. The highest BCUT2D eigenvalue weighted by atomic mass is 16.3. The first-order chi connectivity index (χ1) is 11.8. The van der Waals surface area contributed by atoms with Crippen molar-refractivity contribution in [3.05, 3.63) is 60.1 Å². The Bertz CT molecular complexity index is 802. The molecule has 5 heteroatoms. The second kappa shape index (κ2) is 7.73. The van der Waals surface area contributed by atoms with Crippen molar-refractivity contribution in [2.24, 2.45) is 4.99 Å². The van der Waals surface area contributed by atoms with Crippen molar-refractivity contribution < 1.29 is 4.42 Å². The van der Waals surface area contributed by atoms with E-state index in [0.29, 0.717) is 6.54 Å². The third-order valence-corrected chi connectivity index (χ3v) is 4.00. The van der Waals surface area contributed by atoms with Crippen LogP contribution in [-0.4, -0.2) is 23.6 Å². The lowest BCUT2D eigenvalue weighted by Gasteiger charge is -2.11. The van der Waals surface area contributed by atoms with E-state index in [1.165, 1.54) is 0 Å². The SMILES string of the molecule is CCNC(=NCc1oc2ccccc2c1C)NCCn1cccc1. The predicted molar refractivity (Wildman–Crippen MR) is 98.2 cm³/mol. The van der Waals surface area contributed by atoms with Gasteiger partial charge in [0.15, 0.2) is 5.96 Å². The van der Waals surface area contributed by atoms with E-state index in [0.717, 1.165) is 47.9 Å². The van der Waals surface area contributed by atoms with Crippen LogP contribution in [0.25, 0.3) is 11.0 Å². The first kappa shape index (κ1) is 16.2. The number of rotatable bonds is 6. The highest BCUT2D eigenvalue weighted by Crippen LogP contribution is 2.25. The predicted octanol–water partition coefficient (Wildman–Crippen LogP) is 3.30. The summed E-state index contributed by atoms with van der Waals surface area (Å²) < 4.78 is 8.06. The zero-order chi connectivity index (χ0) is 16.8. The number of aromatic nitrogens is 1. The molecule has 5 nitrogen and oxygen atoms in total. The Kier molecular flexibility index (Phi) is 5.21. The van der Waals surface area contributed by atoms with Gasteiger partial charge in [0.2, 0.25) is 0 Å². The van der Waals surface area contributed by atoms with E-state index >= 15 is 0 Å². The maximum absolute atomic E-state index is 5.92. The van der Waals surface area contributed by atoms with Crippen molar-refractivity contribution in [2.75, 3.05) is 13.1 Å². The number of hydrogen-bond donors (Lipinski definition) is 2. The van der Waals surface area contributed by atoms with Crippen LogP contribution >= 0.6 is 0 Å². The average molecular weight is 324 g/mol. The lowest BCUT2D eigenvalue weighted by atomic mass is 10.1. The van der Waals surface area contributed by atoms with Gasteiger partial charge in [-0.15, -0.1) is 0 Å². The molecule has 0 unspecified atom stereocenters. The van der Waals surface area contributed by atoms with Crippen molar-refractivity contribution in [1.29, 1.82) is 0 Å². The molecule has 0 aliphatic carbocycles. The quantitative estimate of drug-likeness (QED) is 0.540. The molecule has 0 saturated carbocycles. The van der Waals surface area contributed by atoms with Crippen LogP contribution in [0.3, 0.4) is 0 Å². The number of nitrogens with one attached hydrogen (secondary N) is 2.